The third-order valence-electron chi connectivity index (χ3n) is 3.35. The fourth-order valence-corrected chi connectivity index (χ4v) is 2.06. The third kappa shape index (κ3) is 7.47. The first kappa shape index (κ1) is 20.1. The predicted octanol–water partition coefficient (Wildman–Crippen LogP) is -0.472. The Bertz CT molecular complexity index is 618. The molecule has 3 amide bonds. The Labute approximate surface area is 146 Å². The van der Waals surface area contributed by atoms with Crippen LogP contribution in [0.1, 0.15) is 19.4 Å². The molecule has 0 saturated carbocycles. The maximum Gasteiger partial charge on any atom is 0.328 e. The van der Waals surface area contributed by atoms with Crippen molar-refractivity contribution in [1.82, 2.24) is 16.0 Å². The molecule has 0 aliphatic rings. The maximum atomic E-state index is 12.4. The van der Waals surface area contributed by atoms with E-state index in [1.54, 1.807) is 0 Å². The Morgan fingerprint density at radius 1 is 1.08 bits per heavy atom. The molecular weight excluding hydrogens is 326 g/mol. The molecule has 0 radical (unpaired) electrons. The highest BCUT2D eigenvalue weighted by atomic mass is 16.5. The number of rotatable bonds is 8. The molecule has 8 heteroatoms. The molecule has 1 rings (SSSR count). The summed E-state index contributed by atoms with van der Waals surface area (Å²) >= 11 is 0. The van der Waals surface area contributed by atoms with Gasteiger partial charge >= 0.3 is 5.97 Å². The summed E-state index contributed by atoms with van der Waals surface area (Å²) in [5.74, 6) is -1.95. The number of hydrogen-bond acceptors (Lipinski definition) is 5. The van der Waals surface area contributed by atoms with Gasteiger partial charge in [-0.1, -0.05) is 30.3 Å². The molecule has 0 unspecified atom stereocenters. The van der Waals surface area contributed by atoms with Crippen molar-refractivity contribution in [2.75, 3.05) is 13.7 Å². The first-order valence-corrected chi connectivity index (χ1v) is 7.79. The molecule has 1 aromatic rings. The van der Waals surface area contributed by atoms with Crippen LogP contribution in [0.15, 0.2) is 30.3 Å². The van der Waals surface area contributed by atoms with Crippen LogP contribution >= 0.6 is 0 Å². The average Bonchev–Trinajstić information content (AvgIpc) is 2.59. The SMILES string of the molecule is COC(=O)[C@H](C)NC(=O)[C@H](Cc1ccccc1)NC(=O)CNC(C)=O. The van der Waals surface area contributed by atoms with E-state index in [0.29, 0.717) is 0 Å². The lowest BCUT2D eigenvalue weighted by molar-refractivity contribution is -0.144. The van der Waals surface area contributed by atoms with E-state index < -0.39 is 29.9 Å². The zero-order valence-electron chi connectivity index (χ0n) is 14.5. The van der Waals surface area contributed by atoms with Crippen LogP contribution in [-0.4, -0.2) is 49.4 Å². The Hall–Kier alpha value is -2.90. The highest BCUT2D eigenvalue weighted by Gasteiger charge is 2.25. The van der Waals surface area contributed by atoms with E-state index in [4.69, 9.17) is 0 Å². The largest absolute Gasteiger partial charge is 0.467 e. The summed E-state index contributed by atoms with van der Waals surface area (Å²) in [7, 11) is 1.22. The minimum Gasteiger partial charge on any atom is -0.467 e. The van der Waals surface area contributed by atoms with Gasteiger partial charge < -0.3 is 20.7 Å². The number of nitrogens with one attached hydrogen (secondary N) is 3. The van der Waals surface area contributed by atoms with E-state index in [1.165, 1.54) is 21.0 Å². The van der Waals surface area contributed by atoms with Gasteiger partial charge in [-0.05, 0) is 12.5 Å². The minimum absolute atomic E-state index is 0.236. The summed E-state index contributed by atoms with van der Waals surface area (Å²) in [6.07, 6.45) is 0.242. The van der Waals surface area contributed by atoms with Crippen LogP contribution in [0.3, 0.4) is 0 Å². The molecule has 8 nitrogen and oxygen atoms in total. The van der Waals surface area contributed by atoms with Crippen molar-refractivity contribution in [3.63, 3.8) is 0 Å². The Kier molecular flexibility index (Phi) is 8.11. The van der Waals surface area contributed by atoms with E-state index in [0.717, 1.165) is 5.56 Å². The summed E-state index contributed by atoms with van der Waals surface area (Å²) in [6.45, 7) is 2.54. The molecule has 2 atom stereocenters. The number of carbonyl (C=O) groups is 4. The molecule has 25 heavy (non-hydrogen) atoms. The van der Waals surface area contributed by atoms with Gasteiger partial charge in [0.15, 0.2) is 0 Å². The zero-order valence-corrected chi connectivity index (χ0v) is 14.5. The molecule has 0 aliphatic heterocycles. The van der Waals surface area contributed by atoms with Crippen molar-refractivity contribution in [3.8, 4) is 0 Å². The Morgan fingerprint density at radius 2 is 1.72 bits per heavy atom. The van der Waals surface area contributed by atoms with Crippen LogP contribution in [0, 0.1) is 0 Å². The molecule has 0 saturated heterocycles. The number of carbonyl (C=O) groups excluding carboxylic acids is 4. The second-order valence-electron chi connectivity index (χ2n) is 5.47. The van der Waals surface area contributed by atoms with E-state index >= 15 is 0 Å². The van der Waals surface area contributed by atoms with E-state index in [1.807, 2.05) is 30.3 Å². The van der Waals surface area contributed by atoms with Gasteiger partial charge in [-0.2, -0.15) is 0 Å². The highest BCUT2D eigenvalue weighted by Crippen LogP contribution is 2.04. The van der Waals surface area contributed by atoms with E-state index in [2.05, 4.69) is 20.7 Å². The summed E-state index contributed by atoms with van der Waals surface area (Å²) < 4.78 is 4.57. The summed E-state index contributed by atoms with van der Waals surface area (Å²) in [5.41, 5.74) is 0.841. The lowest BCUT2D eigenvalue weighted by Gasteiger charge is -2.20. The summed E-state index contributed by atoms with van der Waals surface area (Å²) in [6, 6.07) is 7.39. The molecular formula is C17H23N3O5. The lowest BCUT2D eigenvalue weighted by atomic mass is 10.0. The van der Waals surface area contributed by atoms with Gasteiger partial charge in [0.05, 0.1) is 13.7 Å². The number of methoxy groups -OCH3 is 1. The van der Waals surface area contributed by atoms with Gasteiger partial charge in [-0.15, -0.1) is 0 Å². The molecule has 0 aliphatic carbocycles. The smallest absolute Gasteiger partial charge is 0.328 e. The second kappa shape index (κ2) is 10.1. The van der Waals surface area contributed by atoms with Crippen molar-refractivity contribution >= 4 is 23.7 Å². The second-order valence-corrected chi connectivity index (χ2v) is 5.47. The quantitative estimate of drug-likeness (QED) is 0.549. The standard InChI is InChI=1S/C17H23N3O5/c1-11(17(24)25-3)19-16(23)14(9-13-7-5-4-6-8-13)20-15(22)10-18-12(2)21/h4-8,11,14H,9-10H2,1-3H3,(H,18,21)(H,19,23)(H,20,22)/t11-,14-/m0/s1. The van der Waals surface area contributed by atoms with Gasteiger partial charge in [0.2, 0.25) is 17.7 Å². The van der Waals surface area contributed by atoms with Crippen LogP contribution in [-0.2, 0) is 30.3 Å². The van der Waals surface area contributed by atoms with Gasteiger partial charge in [0.25, 0.3) is 0 Å². The molecule has 0 heterocycles. The summed E-state index contributed by atoms with van der Waals surface area (Å²) in [4.78, 5) is 46.7. The van der Waals surface area contributed by atoms with Crippen molar-refractivity contribution in [3.05, 3.63) is 35.9 Å². The normalized spacial score (nSPS) is 12.4. The number of ether oxygens (including phenoxy) is 1. The van der Waals surface area contributed by atoms with Gasteiger partial charge in [0, 0.05) is 13.3 Å². The molecule has 136 valence electrons. The van der Waals surface area contributed by atoms with Crippen molar-refractivity contribution < 1.29 is 23.9 Å². The molecule has 0 bridgehead atoms. The molecule has 3 N–H and O–H groups in total. The van der Waals surface area contributed by atoms with Crippen LogP contribution in [0.25, 0.3) is 0 Å². The first-order valence-electron chi connectivity index (χ1n) is 7.79. The molecule has 0 spiro atoms. The fraction of sp³-hybridized carbons (Fsp3) is 0.412. The van der Waals surface area contributed by atoms with Gasteiger partial charge in [-0.25, -0.2) is 4.79 Å². The molecule has 0 fully saturated rings. The van der Waals surface area contributed by atoms with Crippen LogP contribution in [0.4, 0.5) is 0 Å². The highest BCUT2D eigenvalue weighted by molar-refractivity contribution is 5.92. The van der Waals surface area contributed by atoms with Crippen molar-refractivity contribution in [1.29, 1.82) is 0 Å². The van der Waals surface area contributed by atoms with E-state index in [9.17, 15) is 19.2 Å². The fourth-order valence-electron chi connectivity index (χ4n) is 2.06. The minimum atomic E-state index is -0.893. The number of amides is 3. The zero-order chi connectivity index (χ0) is 18.8. The number of benzene rings is 1. The maximum absolute atomic E-state index is 12.4. The average molecular weight is 349 g/mol. The number of hydrogen-bond donors (Lipinski definition) is 3. The van der Waals surface area contributed by atoms with Crippen LogP contribution < -0.4 is 16.0 Å². The van der Waals surface area contributed by atoms with Crippen LogP contribution in [0.5, 0.6) is 0 Å². The Balaban J connectivity index is 2.79. The summed E-state index contributed by atoms with van der Waals surface area (Å²) in [5, 5.41) is 7.44. The van der Waals surface area contributed by atoms with Crippen molar-refractivity contribution in [2.24, 2.45) is 0 Å². The predicted molar refractivity (Wildman–Crippen MR) is 90.4 cm³/mol. The molecule has 0 aromatic heterocycles. The van der Waals surface area contributed by atoms with E-state index in [-0.39, 0.29) is 18.9 Å². The monoisotopic (exact) mass is 349 g/mol. The third-order valence-corrected chi connectivity index (χ3v) is 3.35. The first-order chi connectivity index (χ1) is 11.8. The van der Waals surface area contributed by atoms with Gasteiger partial charge in [0.1, 0.15) is 12.1 Å². The molecule has 1 aromatic carbocycles. The van der Waals surface area contributed by atoms with Crippen LogP contribution in [0.2, 0.25) is 0 Å². The number of esters is 1. The van der Waals surface area contributed by atoms with Crippen molar-refractivity contribution in [2.45, 2.75) is 32.4 Å². The Morgan fingerprint density at radius 3 is 2.28 bits per heavy atom. The van der Waals surface area contributed by atoms with Gasteiger partial charge in [-0.3, -0.25) is 14.4 Å². The lowest BCUT2D eigenvalue weighted by Crippen LogP contribution is -2.53. The topological polar surface area (TPSA) is 114 Å².